The van der Waals surface area contributed by atoms with Gasteiger partial charge in [-0.2, -0.15) is 0 Å². The topological polar surface area (TPSA) is 46.5 Å². The number of rotatable bonds is 7. The van der Waals surface area contributed by atoms with Crippen LogP contribution in [0.1, 0.15) is 19.3 Å². The first-order valence-corrected chi connectivity index (χ1v) is 6.06. The third kappa shape index (κ3) is 12.2. The molecular weight excluding hydrogens is 240 g/mol. The first-order chi connectivity index (χ1) is 9.20. The lowest BCUT2D eigenvalue weighted by atomic mass is 10.2. The fourth-order valence-electron chi connectivity index (χ4n) is 1.11. The standard InChI is InChI=1S/C16H20O3/c1-3-4-5-6-7-9-12-15(17)13-10-8-11-14-16(18)19-2/h3-5,8-10,12,15,17H,1,11,13-14H2,2H3. The Hall–Kier alpha value is -2.05. The zero-order chi connectivity index (χ0) is 14.3. The van der Waals surface area contributed by atoms with Gasteiger partial charge in [-0.3, -0.25) is 4.79 Å². The number of ether oxygens (including phenoxy) is 1. The summed E-state index contributed by atoms with van der Waals surface area (Å²) in [4.78, 5) is 10.8. The van der Waals surface area contributed by atoms with E-state index in [1.54, 1.807) is 30.4 Å². The number of allylic oxidation sites excluding steroid dienone is 5. The summed E-state index contributed by atoms with van der Waals surface area (Å²) in [7, 11) is 1.37. The Kier molecular flexibility index (Phi) is 11.1. The molecule has 0 saturated heterocycles. The molecule has 0 bridgehead atoms. The first-order valence-electron chi connectivity index (χ1n) is 6.06. The van der Waals surface area contributed by atoms with E-state index in [-0.39, 0.29) is 5.97 Å². The molecule has 0 spiro atoms. The van der Waals surface area contributed by atoms with Crippen LogP contribution in [-0.4, -0.2) is 24.3 Å². The summed E-state index contributed by atoms with van der Waals surface area (Å²) in [5.74, 6) is 5.30. The van der Waals surface area contributed by atoms with E-state index in [0.717, 1.165) is 0 Å². The molecular formula is C16H20O3. The van der Waals surface area contributed by atoms with Crippen LogP contribution in [-0.2, 0) is 9.53 Å². The third-order valence-electron chi connectivity index (χ3n) is 2.09. The van der Waals surface area contributed by atoms with Gasteiger partial charge in [0.2, 0.25) is 0 Å². The van der Waals surface area contributed by atoms with Crippen LogP contribution in [0.4, 0.5) is 0 Å². The molecule has 1 unspecified atom stereocenters. The number of aliphatic hydroxyl groups excluding tert-OH is 1. The quantitative estimate of drug-likeness (QED) is 0.331. The van der Waals surface area contributed by atoms with Crippen LogP contribution in [0, 0.1) is 11.8 Å². The fraction of sp³-hybridized carbons (Fsp3) is 0.312. The van der Waals surface area contributed by atoms with Crippen molar-refractivity contribution in [3.05, 3.63) is 49.1 Å². The van der Waals surface area contributed by atoms with Gasteiger partial charge in [-0.25, -0.2) is 0 Å². The Balaban J connectivity index is 3.81. The summed E-state index contributed by atoms with van der Waals surface area (Å²) in [5, 5.41) is 9.57. The zero-order valence-electron chi connectivity index (χ0n) is 11.2. The van der Waals surface area contributed by atoms with Crippen molar-refractivity contribution in [3.63, 3.8) is 0 Å². The minimum absolute atomic E-state index is 0.229. The molecule has 0 aromatic heterocycles. The highest BCUT2D eigenvalue weighted by Crippen LogP contribution is 1.99. The SMILES string of the molecule is C=CC=CC#CC=CC(O)CC=CCCC(=O)OC. The van der Waals surface area contributed by atoms with E-state index >= 15 is 0 Å². The van der Waals surface area contributed by atoms with E-state index < -0.39 is 6.10 Å². The molecule has 0 aliphatic heterocycles. The van der Waals surface area contributed by atoms with Gasteiger partial charge in [-0.05, 0) is 31.1 Å². The lowest BCUT2D eigenvalue weighted by Gasteiger charge is -1.99. The summed E-state index contributed by atoms with van der Waals surface area (Å²) >= 11 is 0. The summed E-state index contributed by atoms with van der Waals surface area (Å²) in [6.45, 7) is 3.52. The van der Waals surface area contributed by atoms with Crippen molar-refractivity contribution in [2.24, 2.45) is 0 Å². The van der Waals surface area contributed by atoms with Crippen molar-refractivity contribution in [3.8, 4) is 11.8 Å². The molecule has 0 heterocycles. The van der Waals surface area contributed by atoms with E-state index in [1.165, 1.54) is 7.11 Å². The van der Waals surface area contributed by atoms with Gasteiger partial charge < -0.3 is 9.84 Å². The van der Waals surface area contributed by atoms with Crippen LogP contribution in [0.25, 0.3) is 0 Å². The highest BCUT2D eigenvalue weighted by atomic mass is 16.5. The van der Waals surface area contributed by atoms with Crippen molar-refractivity contribution in [1.29, 1.82) is 0 Å². The summed E-state index contributed by atoms with van der Waals surface area (Å²) in [5.41, 5.74) is 0. The number of hydrogen-bond acceptors (Lipinski definition) is 3. The van der Waals surface area contributed by atoms with E-state index in [4.69, 9.17) is 0 Å². The van der Waals surface area contributed by atoms with E-state index in [9.17, 15) is 9.90 Å². The van der Waals surface area contributed by atoms with Crippen LogP contribution < -0.4 is 0 Å². The molecule has 0 aromatic carbocycles. The van der Waals surface area contributed by atoms with Crippen LogP contribution in [0.15, 0.2) is 49.1 Å². The maximum atomic E-state index is 10.8. The third-order valence-corrected chi connectivity index (χ3v) is 2.09. The second kappa shape index (κ2) is 12.4. The smallest absolute Gasteiger partial charge is 0.305 e. The summed E-state index contributed by atoms with van der Waals surface area (Å²) in [6.07, 6.45) is 12.9. The minimum Gasteiger partial charge on any atom is -0.469 e. The molecule has 3 heteroatoms. The Labute approximate surface area is 115 Å². The van der Waals surface area contributed by atoms with Gasteiger partial charge in [-0.1, -0.05) is 42.7 Å². The van der Waals surface area contributed by atoms with Crippen molar-refractivity contribution in [2.75, 3.05) is 7.11 Å². The van der Waals surface area contributed by atoms with Gasteiger partial charge in [0.1, 0.15) is 0 Å². The molecule has 0 aromatic rings. The second-order valence-corrected chi connectivity index (χ2v) is 3.63. The molecule has 0 aliphatic carbocycles. The number of aliphatic hydroxyl groups is 1. The molecule has 3 nitrogen and oxygen atoms in total. The number of methoxy groups -OCH3 is 1. The summed E-state index contributed by atoms with van der Waals surface area (Å²) < 4.78 is 4.51. The number of carbonyl (C=O) groups excluding carboxylic acids is 1. The van der Waals surface area contributed by atoms with Gasteiger partial charge >= 0.3 is 5.97 Å². The molecule has 102 valence electrons. The van der Waals surface area contributed by atoms with Gasteiger partial charge in [-0.15, -0.1) is 0 Å². The zero-order valence-corrected chi connectivity index (χ0v) is 11.2. The number of hydrogen-bond donors (Lipinski definition) is 1. The first kappa shape index (κ1) is 16.9. The Bertz CT molecular complexity index is 405. The van der Waals surface area contributed by atoms with Gasteiger partial charge in [0, 0.05) is 6.42 Å². The lowest BCUT2D eigenvalue weighted by Crippen LogP contribution is -2.00. The predicted octanol–water partition coefficient (Wildman–Crippen LogP) is 2.55. The molecule has 0 amide bonds. The highest BCUT2D eigenvalue weighted by Gasteiger charge is 1.97. The van der Waals surface area contributed by atoms with Crippen molar-refractivity contribution in [2.45, 2.75) is 25.4 Å². The molecule has 0 rings (SSSR count). The highest BCUT2D eigenvalue weighted by molar-refractivity contribution is 5.69. The molecule has 19 heavy (non-hydrogen) atoms. The average Bonchev–Trinajstić information content (AvgIpc) is 2.42. The maximum absolute atomic E-state index is 10.8. The van der Waals surface area contributed by atoms with Crippen molar-refractivity contribution < 1.29 is 14.6 Å². The Morgan fingerprint density at radius 1 is 1.37 bits per heavy atom. The molecule has 1 atom stereocenters. The van der Waals surface area contributed by atoms with E-state index in [2.05, 4.69) is 23.2 Å². The van der Waals surface area contributed by atoms with Crippen molar-refractivity contribution in [1.82, 2.24) is 0 Å². The fourth-order valence-corrected chi connectivity index (χ4v) is 1.11. The van der Waals surface area contributed by atoms with E-state index in [1.807, 2.05) is 12.2 Å². The molecule has 0 radical (unpaired) electrons. The Morgan fingerprint density at radius 2 is 2.11 bits per heavy atom. The van der Waals surface area contributed by atoms with Crippen LogP contribution in [0.3, 0.4) is 0 Å². The minimum atomic E-state index is -0.563. The second-order valence-electron chi connectivity index (χ2n) is 3.63. The molecule has 0 aliphatic rings. The Morgan fingerprint density at radius 3 is 2.79 bits per heavy atom. The summed E-state index contributed by atoms with van der Waals surface area (Å²) in [6, 6.07) is 0. The normalized spacial score (nSPS) is 12.5. The van der Waals surface area contributed by atoms with Crippen LogP contribution in [0.5, 0.6) is 0 Å². The molecule has 0 fully saturated rings. The lowest BCUT2D eigenvalue weighted by molar-refractivity contribution is -0.140. The maximum Gasteiger partial charge on any atom is 0.305 e. The molecule has 0 saturated carbocycles. The average molecular weight is 260 g/mol. The number of carbonyl (C=O) groups is 1. The largest absolute Gasteiger partial charge is 0.469 e. The van der Waals surface area contributed by atoms with Crippen molar-refractivity contribution >= 4 is 5.97 Å². The van der Waals surface area contributed by atoms with Gasteiger partial charge in [0.05, 0.1) is 13.2 Å². The van der Waals surface area contributed by atoms with Gasteiger partial charge in [0.25, 0.3) is 0 Å². The van der Waals surface area contributed by atoms with E-state index in [0.29, 0.717) is 19.3 Å². The van der Waals surface area contributed by atoms with Crippen LogP contribution >= 0.6 is 0 Å². The predicted molar refractivity (Wildman–Crippen MR) is 77.3 cm³/mol. The van der Waals surface area contributed by atoms with Crippen LogP contribution in [0.2, 0.25) is 0 Å². The molecule has 1 N–H and O–H groups in total. The number of esters is 1. The van der Waals surface area contributed by atoms with Gasteiger partial charge in [0.15, 0.2) is 0 Å². The monoisotopic (exact) mass is 260 g/mol.